The van der Waals surface area contributed by atoms with Crippen LogP contribution in [0.15, 0.2) is 53.3 Å². The maximum absolute atomic E-state index is 12.4. The van der Waals surface area contributed by atoms with Crippen molar-refractivity contribution in [1.29, 1.82) is 0 Å². The van der Waals surface area contributed by atoms with Gasteiger partial charge in [0.2, 0.25) is 5.91 Å². The number of rotatable bonds is 7. The van der Waals surface area contributed by atoms with E-state index in [0.29, 0.717) is 41.3 Å². The van der Waals surface area contributed by atoms with Crippen molar-refractivity contribution in [2.75, 3.05) is 25.5 Å². The molecule has 0 bridgehead atoms. The van der Waals surface area contributed by atoms with E-state index >= 15 is 0 Å². The Balaban J connectivity index is 1.70. The van der Waals surface area contributed by atoms with E-state index in [1.807, 2.05) is 30.0 Å². The number of nitrogens with zero attached hydrogens (tertiary/aromatic N) is 2. The Morgan fingerprint density at radius 2 is 1.93 bits per heavy atom. The number of fused-ring (bicyclic) bond motifs is 1. The van der Waals surface area contributed by atoms with Crippen LogP contribution in [0.3, 0.4) is 0 Å². The highest BCUT2D eigenvalue weighted by Crippen LogP contribution is 2.22. The summed E-state index contributed by atoms with van der Waals surface area (Å²) in [6.07, 6.45) is 0. The van der Waals surface area contributed by atoms with E-state index in [-0.39, 0.29) is 18.0 Å². The quantitative estimate of drug-likeness (QED) is 0.670. The molecule has 7 nitrogen and oxygen atoms in total. The van der Waals surface area contributed by atoms with Gasteiger partial charge in [-0.25, -0.2) is 4.98 Å². The second-order valence-electron chi connectivity index (χ2n) is 6.08. The first-order valence-corrected chi connectivity index (χ1v) is 8.74. The minimum absolute atomic E-state index is 0.163. The van der Waals surface area contributed by atoms with Gasteiger partial charge in [-0.1, -0.05) is 31.2 Å². The molecule has 0 spiro atoms. The largest absolute Gasteiger partial charge is 0.495 e. The second-order valence-corrected chi connectivity index (χ2v) is 6.08. The van der Waals surface area contributed by atoms with Crippen molar-refractivity contribution in [2.24, 2.45) is 0 Å². The number of likely N-dealkylation sites (N-methyl/N-ethyl adjacent to an activating group) is 1. The molecule has 27 heavy (non-hydrogen) atoms. The third kappa shape index (κ3) is 4.51. The number of para-hydroxylation sites is 3. The van der Waals surface area contributed by atoms with Crippen LogP contribution in [-0.2, 0) is 11.3 Å². The van der Waals surface area contributed by atoms with Crippen molar-refractivity contribution in [1.82, 2.24) is 14.9 Å². The molecule has 0 saturated heterocycles. The van der Waals surface area contributed by atoms with Crippen LogP contribution in [0.1, 0.15) is 12.7 Å². The maximum atomic E-state index is 12.4. The van der Waals surface area contributed by atoms with Gasteiger partial charge in [-0.2, -0.15) is 0 Å². The molecule has 1 heterocycles. The summed E-state index contributed by atoms with van der Waals surface area (Å²) in [5, 5.41) is 3.41. The number of carbonyl (C=O) groups excluding carboxylic acids is 1. The third-order valence-electron chi connectivity index (χ3n) is 4.23. The van der Waals surface area contributed by atoms with E-state index < -0.39 is 0 Å². The SMILES string of the molecule is CCN(CC(=O)Nc1ccccc1OC)Cc1nc2ccccc2c(=O)[nH]1. The highest BCUT2D eigenvalue weighted by Gasteiger charge is 2.13. The summed E-state index contributed by atoms with van der Waals surface area (Å²) in [5.41, 5.74) is 1.09. The number of hydrogen-bond donors (Lipinski definition) is 2. The van der Waals surface area contributed by atoms with E-state index in [0.717, 1.165) is 0 Å². The fraction of sp³-hybridized carbons (Fsp3) is 0.250. The van der Waals surface area contributed by atoms with Gasteiger partial charge in [-0.15, -0.1) is 0 Å². The van der Waals surface area contributed by atoms with Gasteiger partial charge in [0.05, 0.1) is 36.8 Å². The first-order valence-electron chi connectivity index (χ1n) is 8.74. The molecule has 140 valence electrons. The molecule has 0 aliphatic heterocycles. The Hall–Kier alpha value is -3.19. The summed E-state index contributed by atoms with van der Waals surface area (Å²) in [4.78, 5) is 33.8. The van der Waals surface area contributed by atoms with Gasteiger partial charge in [0.25, 0.3) is 5.56 Å². The number of aromatic amines is 1. The Morgan fingerprint density at radius 3 is 2.70 bits per heavy atom. The molecule has 0 unspecified atom stereocenters. The Kier molecular flexibility index (Phi) is 5.83. The number of methoxy groups -OCH3 is 1. The van der Waals surface area contributed by atoms with Crippen LogP contribution in [-0.4, -0.2) is 41.0 Å². The van der Waals surface area contributed by atoms with Crippen LogP contribution < -0.4 is 15.6 Å². The highest BCUT2D eigenvalue weighted by atomic mass is 16.5. The molecule has 2 N–H and O–H groups in total. The summed E-state index contributed by atoms with van der Waals surface area (Å²) in [7, 11) is 1.56. The predicted octanol–water partition coefficient (Wildman–Crippen LogP) is 2.39. The summed E-state index contributed by atoms with van der Waals surface area (Å²) in [6, 6.07) is 14.4. The first kappa shape index (κ1) is 18.6. The van der Waals surface area contributed by atoms with Crippen molar-refractivity contribution in [2.45, 2.75) is 13.5 Å². The molecule has 1 amide bonds. The number of aromatic nitrogens is 2. The first-order chi connectivity index (χ1) is 13.1. The van der Waals surface area contributed by atoms with Crippen LogP contribution >= 0.6 is 0 Å². The number of carbonyl (C=O) groups is 1. The molecular weight excluding hydrogens is 344 g/mol. The lowest BCUT2D eigenvalue weighted by Crippen LogP contribution is -2.34. The molecule has 0 aliphatic carbocycles. The lowest BCUT2D eigenvalue weighted by atomic mass is 10.2. The van der Waals surface area contributed by atoms with E-state index in [1.54, 1.807) is 37.4 Å². The van der Waals surface area contributed by atoms with Crippen LogP contribution in [0.4, 0.5) is 5.69 Å². The predicted molar refractivity (Wildman–Crippen MR) is 105 cm³/mol. The highest BCUT2D eigenvalue weighted by molar-refractivity contribution is 5.93. The van der Waals surface area contributed by atoms with Crippen LogP contribution in [0, 0.1) is 0 Å². The van der Waals surface area contributed by atoms with Crippen molar-refractivity contribution in [3.63, 3.8) is 0 Å². The van der Waals surface area contributed by atoms with Gasteiger partial charge in [-0.3, -0.25) is 14.5 Å². The van der Waals surface area contributed by atoms with Crippen molar-refractivity contribution in [3.05, 3.63) is 64.7 Å². The number of ether oxygens (including phenoxy) is 1. The Bertz CT molecular complexity index is 1000. The average molecular weight is 366 g/mol. The summed E-state index contributed by atoms with van der Waals surface area (Å²) < 4.78 is 5.25. The van der Waals surface area contributed by atoms with E-state index in [4.69, 9.17) is 4.74 Å². The lowest BCUT2D eigenvalue weighted by Gasteiger charge is -2.19. The summed E-state index contributed by atoms with van der Waals surface area (Å²) >= 11 is 0. The van der Waals surface area contributed by atoms with E-state index in [2.05, 4.69) is 15.3 Å². The van der Waals surface area contributed by atoms with Gasteiger partial charge < -0.3 is 15.0 Å². The van der Waals surface area contributed by atoms with E-state index in [9.17, 15) is 9.59 Å². The minimum atomic E-state index is -0.176. The summed E-state index contributed by atoms with van der Waals surface area (Å²) in [5.74, 6) is 0.976. The molecular formula is C20H22N4O3. The van der Waals surface area contributed by atoms with Crippen LogP contribution in [0.25, 0.3) is 10.9 Å². The fourth-order valence-corrected chi connectivity index (χ4v) is 2.84. The molecule has 1 aromatic heterocycles. The molecule has 3 aromatic rings. The molecule has 3 rings (SSSR count). The van der Waals surface area contributed by atoms with Crippen molar-refractivity contribution < 1.29 is 9.53 Å². The zero-order valence-corrected chi connectivity index (χ0v) is 15.4. The Morgan fingerprint density at radius 1 is 1.19 bits per heavy atom. The number of benzene rings is 2. The topological polar surface area (TPSA) is 87.3 Å². The normalized spacial score (nSPS) is 10.9. The lowest BCUT2D eigenvalue weighted by molar-refractivity contribution is -0.117. The standard InChI is InChI=1S/C20H22N4O3/c1-3-24(13-19(25)22-16-10-6-7-11-17(16)27-2)12-18-21-15-9-5-4-8-14(15)20(26)23-18/h4-11H,3,12-13H2,1-2H3,(H,22,25)(H,21,23,26). The fourth-order valence-electron chi connectivity index (χ4n) is 2.84. The van der Waals surface area contributed by atoms with E-state index in [1.165, 1.54) is 0 Å². The zero-order valence-electron chi connectivity index (χ0n) is 15.4. The van der Waals surface area contributed by atoms with Gasteiger partial charge in [0.15, 0.2) is 0 Å². The number of anilines is 1. The van der Waals surface area contributed by atoms with Gasteiger partial charge >= 0.3 is 0 Å². The van der Waals surface area contributed by atoms with Crippen LogP contribution in [0.5, 0.6) is 5.75 Å². The number of nitrogens with one attached hydrogen (secondary N) is 2. The number of amides is 1. The molecule has 0 atom stereocenters. The molecule has 0 saturated carbocycles. The van der Waals surface area contributed by atoms with Gasteiger partial charge in [0.1, 0.15) is 11.6 Å². The number of hydrogen-bond acceptors (Lipinski definition) is 5. The minimum Gasteiger partial charge on any atom is -0.495 e. The van der Waals surface area contributed by atoms with Gasteiger partial charge in [-0.05, 0) is 30.8 Å². The average Bonchev–Trinajstić information content (AvgIpc) is 2.68. The smallest absolute Gasteiger partial charge is 0.258 e. The van der Waals surface area contributed by atoms with Gasteiger partial charge in [0, 0.05) is 0 Å². The molecule has 0 aliphatic rings. The molecule has 7 heteroatoms. The Labute approximate surface area is 157 Å². The van der Waals surface area contributed by atoms with Crippen molar-refractivity contribution >= 4 is 22.5 Å². The monoisotopic (exact) mass is 366 g/mol. The van der Waals surface area contributed by atoms with Crippen molar-refractivity contribution in [3.8, 4) is 5.75 Å². The molecule has 2 aromatic carbocycles. The third-order valence-corrected chi connectivity index (χ3v) is 4.23. The van der Waals surface area contributed by atoms with Crippen LogP contribution in [0.2, 0.25) is 0 Å². The number of H-pyrrole nitrogens is 1. The maximum Gasteiger partial charge on any atom is 0.258 e. The zero-order chi connectivity index (χ0) is 19.2. The molecule has 0 fully saturated rings. The molecule has 0 radical (unpaired) electrons. The second kappa shape index (κ2) is 8.46. The summed E-state index contributed by atoms with van der Waals surface area (Å²) in [6.45, 7) is 3.13.